The zero-order valence-corrected chi connectivity index (χ0v) is 20.0. The van der Waals surface area contributed by atoms with Crippen molar-refractivity contribution < 1.29 is 10.2 Å². The summed E-state index contributed by atoms with van der Waals surface area (Å²) in [5.41, 5.74) is 0.322. The maximum Gasteiger partial charge on any atom is 0.337 e. The summed E-state index contributed by atoms with van der Waals surface area (Å²) < 4.78 is 2.04. The van der Waals surface area contributed by atoms with Crippen molar-refractivity contribution in [3.63, 3.8) is 0 Å². The van der Waals surface area contributed by atoms with E-state index in [1.165, 1.54) is 29.0 Å². The van der Waals surface area contributed by atoms with Crippen molar-refractivity contribution >= 4 is 28.4 Å². The molecule has 36 heavy (non-hydrogen) atoms. The van der Waals surface area contributed by atoms with Gasteiger partial charge in [0, 0.05) is 50.3 Å². The van der Waals surface area contributed by atoms with Crippen molar-refractivity contribution in [1.82, 2.24) is 24.0 Å². The first-order valence-electron chi connectivity index (χ1n) is 11.7. The molecule has 0 bridgehead atoms. The van der Waals surface area contributed by atoms with Gasteiger partial charge in [-0.05, 0) is 50.4 Å². The minimum absolute atomic E-state index is 0.0788. The average molecular weight is 490 g/mol. The number of hydrogen-bond acceptors (Lipinski definition) is 9. The Morgan fingerprint density at radius 2 is 1.64 bits per heavy atom. The number of phenolic OH excluding ortho intramolecular Hbond substituents is 2. The van der Waals surface area contributed by atoms with E-state index < -0.39 is 22.7 Å². The van der Waals surface area contributed by atoms with E-state index in [2.05, 4.69) is 32.1 Å². The van der Waals surface area contributed by atoms with E-state index in [1.807, 2.05) is 24.3 Å². The minimum atomic E-state index is -0.737. The molecule has 1 aliphatic rings. The van der Waals surface area contributed by atoms with Gasteiger partial charge in [-0.3, -0.25) is 9.36 Å². The van der Waals surface area contributed by atoms with Gasteiger partial charge in [-0.15, -0.1) is 0 Å². The maximum atomic E-state index is 13.2. The topological polar surface area (TPSA) is 129 Å². The van der Waals surface area contributed by atoms with Gasteiger partial charge in [-0.1, -0.05) is 6.07 Å². The molecule has 5 rings (SSSR count). The standard InChI is InChI=1S/C25H27N7O4/c1-3-31-22-18(23(35)32(25(31)36)21-19(33)5-4-6-20(21)34)15-26-24(28-22)27-16-7-9-17(10-8-16)30-13-11-29(2)12-14-30/h4-10,15,33-34H,3,11-14H2,1-2H3,(H,26,27,28). The van der Waals surface area contributed by atoms with E-state index in [0.717, 1.165) is 42.1 Å². The number of aryl methyl sites for hydroxylation is 1. The number of piperazine rings is 1. The van der Waals surface area contributed by atoms with Crippen LogP contribution in [0.3, 0.4) is 0 Å². The van der Waals surface area contributed by atoms with E-state index in [4.69, 9.17) is 0 Å². The van der Waals surface area contributed by atoms with Crippen molar-refractivity contribution in [2.75, 3.05) is 43.4 Å². The minimum Gasteiger partial charge on any atom is -0.506 e. The number of rotatable bonds is 5. The van der Waals surface area contributed by atoms with E-state index in [0.29, 0.717) is 0 Å². The SMILES string of the molecule is CCn1c(=O)n(-c2c(O)cccc2O)c(=O)c2cnc(Nc3ccc(N4CCN(C)CC4)cc3)nc21. The van der Waals surface area contributed by atoms with Crippen LogP contribution in [0.15, 0.2) is 58.3 Å². The molecular weight excluding hydrogens is 462 g/mol. The van der Waals surface area contributed by atoms with Crippen LogP contribution < -0.4 is 21.5 Å². The lowest BCUT2D eigenvalue weighted by atomic mass is 10.2. The van der Waals surface area contributed by atoms with E-state index in [1.54, 1.807) is 6.92 Å². The van der Waals surface area contributed by atoms with Gasteiger partial charge < -0.3 is 25.3 Å². The zero-order chi connectivity index (χ0) is 25.4. The number of likely N-dealkylation sites (N-methyl/N-ethyl adjacent to an activating group) is 1. The van der Waals surface area contributed by atoms with Crippen LogP contribution in [-0.4, -0.2) is 67.4 Å². The lowest BCUT2D eigenvalue weighted by Crippen LogP contribution is -2.44. The highest BCUT2D eigenvalue weighted by Crippen LogP contribution is 2.29. The number of para-hydroxylation sites is 1. The number of aromatic nitrogens is 4. The Bertz CT molecular complexity index is 1520. The van der Waals surface area contributed by atoms with Crippen LogP contribution in [0.4, 0.5) is 17.3 Å². The number of hydrogen-bond donors (Lipinski definition) is 3. The van der Waals surface area contributed by atoms with Gasteiger partial charge in [0.15, 0.2) is 5.65 Å². The Morgan fingerprint density at radius 1 is 0.972 bits per heavy atom. The number of phenols is 2. The molecule has 186 valence electrons. The molecule has 3 heterocycles. The molecule has 11 heteroatoms. The van der Waals surface area contributed by atoms with Gasteiger partial charge in [0.05, 0.1) is 0 Å². The fraction of sp³-hybridized carbons (Fsp3) is 0.280. The fourth-order valence-corrected chi connectivity index (χ4v) is 4.39. The molecule has 0 atom stereocenters. The van der Waals surface area contributed by atoms with E-state index in [-0.39, 0.29) is 29.2 Å². The summed E-state index contributed by atoms with van der Waals surface area (Å²) >= 11 is 0. The Labute approximate surface area is 206 Å². The van der Waals surface area contributed by atoms with Crippen LogP contribution in [0.2, 0.25) is 0 Å². The summed E-state index contributed by atoms with van der Waals surface area (Å²) in [7, 11) is 2.12. The average Bonchev–Trinajstić information content (AvgIpc) is 2.87. The van der Waals surface area contributed by atoms with Gasteiger partial charge >= 0.3 is 5.69 Å². The smallest absolute Gasteiger partial charge is 0.337 e. The quantitative estimate of drug-likeness (QED) is 0.385. The van der Waals surface area contributed by atoms with Crippen molar-refractivity contribution in [3.05, 3.63) is 69.5 Å². The molecule has 0 unspecified atom stereocenters. The highest BCUT2D eigenvalue weighted by atomic mass is 16.3. The number of fused-ring (bicyclic) bond motifs is 1. The van der Waals surface area contributed by atoms with Crippen LogP contribution in [0.25, 0.3) is 16.7 Å². The maximum absolute atomic E-state index is 13.2. The summed E-state index contributed by atoms with van der Waals surface area (Å²) in [6.45, 7) is 5.95. The predicted molar refractivity (Wildman–Crippen MR) is 138 cm³/mol. The molecule has 0 spiro atoms. The van der Waals surface area contributed by atoms with Gasteiger partial charge in [-0.25, -0.2) is 14.3 Å². The van der Waals surface area contributed by atoms with Gasteiger partial charge in [-0.2, -0.15) is 4.98 Å². The molecule has 1 aliphatic heterocycles. The second-order valence-corrected chi connectivity index (χ2v) is 8.71. The number of anilines is 3. The third-order valence-corrected chi connectivity index (χ3v) is 6.41. The second kappa shape index (κ2) is 9.34. The molecule has 1 saturated heterocycles. The summed E-state index contributed by atoms with van der Waals surface area (Å²) in [4.78, 5) is 39.8. The molecule has 11 nitrogen and oxygen atoms in total. The van der Waals surface area contributed by atoms with Crippen LogP contribution in [0.1, 0.15) is 6.92 Å². The molecule has 0 radical (unpaired) electrons. The lowest BCUT2D eigenvalue weighted by Gasteiger charge is -2.34. The van der Waals surface area contributed by atoms with Crippen LogP contribution in [0, 0.1) is 0 Å². The summed E-state index contributed by atoms with van der Waals surface area (Å²) in [5.74, 6) is -0.551. The number of nitrogens with one attached hydrogen (secondary N) is 1. The highest BCUT2D eigenvalue weighted by Gasteiger charge is 2.20. The number of aromatic hydroxyl groups is 2. The van der Waals surface area contributed by atoms with E-state index >= 15 is 0 Å². The monoisotopic (exact) mass is 489 g/mol. The molecule has 4 aromatic rings. The first kappa shape index (κ1) is 23.4. The summed E-state index contributed by atoms with van der Waals surface area (Å²) in [6, 6.07) is 11.9. The Balaban J connectivity index is 1.50. The van der Waals surface area contributed by atoms with Crippen molar-refractivity contribution in [2.45, 2.75) is 13.5 Å². The van der Waals surface area contributed by atoms with E-state index in [9.17, 15) is 19.8 Å². The molecule has 0 saturated carbocycles. The Hall–Kier alpha value is -4.38. The predicted octanol–water partition coefficient (Wildman–Crippen LogP) is 1.87. The molecule has 3 N–H and O–H groups in total. The van der Waals surface area contributed by atoms with Gasteiger partial charge in [0.25, 0.3) is 5.56 Å². The van der Waals surface area contributed by atoms with Crippen LogP contribution in [-0.2, 0) is 6.54 Å². The first-order chi connectivity index (χ1) is 17.4. The summed E-state index contributed by atoms with van der Waals surface area (Å²) in [5, 5.41) is 23.7. The molecule has 0 aliphatic carbocycles. The first-order valence-corrected chi connectivity index (χ1v) is 11.7. The van der Waals surface area contributed by atoms with Crippen molar-refractivity contribution in [3.8, 4) is 17.2 Å². The molecule has 0 amide bonds. The third kappa shape index (κ3) is 4.13. The van der Waals surface area contributed by atoms with Crippen molar-refractivity contribution in [1.29, 1.82) is 0 Å². The number of nitrogens with zero attached hydrogens (tertiary/aromatic N) is 6. The summed E-state index contributed by atoms with van der Waals surface area (Å²) in [6.07, 6.45) is 1.34. The largest absolute Gasteiger partial charge is 0.506 e. The Morgan fingerprint density at radius 3 is 2.28 bits per heavy atom. The lowest BCUT2D eigenvalue weighted by molar-refractivity contribution is 0.313. The van der Waals surface area contributed by atoms with Crippen LogP contribution >= 0.6 is 0 Å². The van der Waals surface area contributed by atoms with Crippen molar-refractivity contribution in [2.24, 2.45) is 0 Å². The van der Waals surface area contributed by atoms with Gasteiger partial charge in [0.1, 0.15) is 22.6 Å². The Kier molecular flexibility index (Phi) is 6.06. The van der Waals surface area contributed by atoms with Crippen LogP contribution in [0.5, 0.6) is 11.5 Å². The molecular formula is C25H27N7O4. The zero-order valence-electron chi connectivity index (χ0n) is 20.0. The molecule has 1 fully saturated rings. The fourth-order valence-electron chi connectivity index (χ4n) is 4.39. The molecule has 2 aromatic heterocycles. The normalized spacial score (nSPS) is 14.3. The second-order valence-electron chi connectivity index (χ2n) is 8.71. The number of benzene rings is 2. The van der Waals surface area contributed by atoms with Gasteiger partial charge in [0.2, 0.25) is 5.95 Å². The third-order valence-electron chi connectivity index (χ3n) is 6.41. The highest BCUT2D eigenvalue weighted by molar-refractivity contribution is 5.76. The molecule has 2 aromatic carbocycles.